The summed E-state index contributed by atoms with van der Waals surface area (Å²) in [5.41, 5.74) is 1.52. The molecule has 0 saturated heterocycles. The van der Waals surface area contributed by atoms with E-state index in [1.807, 2.05) is 0 Å². The number of halogens is 3. The monoisotopic (exact) mass is 469 g/mol. The largest absolute Gasteiger partial charge is 0.478 e. The van der Waals surface area contributed by atoms with Crippen LogP contribution in [-0.4, -0.2) is 17.0 Å². The van der Waals surface area contributed by atoms with E-state index in [1.165, 1.54) is 18.2 Å². The number of carboxylic acid groups (broad SMARTS) is 1. The molecule has 1 amide bonds. The zero-order valence-electron chi connectivity index (χ0n) is 12.9. The van der Waals surface area contributed by atoms with Gasteiger partial charge in [0.05, 0.1) is 5.56 Å². The highest BCUT2D eigenvalue weighted by molar-refractivity contribution is 9.10. The van der Waals surface area contributed by atoms with E-state index in [4.69, 9.17) is 5.11 Å². The van der Waals surface area contributed by atoms with E-state index in [0.29, 0.717) is 20.9 Å². The second kappa shape index (κ2) is 7.25. The van der Waals surface area contributed by atoms with Crippen molar-refractivity contribution in [1.82, 2.24) is 5.32 Å². The average molecular weight is 471 g/mol. The summed E-state index contributed by atoms with van der Waals surface area (Å²) in [4.78, 5) is 23.2. The number of benzene rings is 2. The van der Waals surface area contributed by atoms with Crippen molar-refractivity contribution in [2.45, 2.75) is 18.9 Å². The molecule has 2 N–H and O–H groups in total. The van der Waals surface area contributed by atoms with Crippen LogP contribution in [0, 0.1) is 11.7 Å². The Morgan fingerprint density at radius 2 is 1.96 bits per heavy atom. The van der Waals surface area contributed by atoms with Gasteiger partial charge in [-0.25, -0.2) is 9.18 Å². The third kappa shape index (κ3) is 4.10. The third-order valence-corrected chi connectivity index (χ3v) is 5.47. The van der Waals surface area contributed by atoms with Crippen LogP contribution in [0.2, 0.25) is 0 Å². The zero-order chi connectivity index (χ0) is 18.1. The van der Waals surface area contributed by atoms with Crippen molar-refractivity contribution in [3.63, 3.8) is 0 Å². The first kappa shape index (κ1) is 18.1. The molecule has 130 valence electrons. The van der Waals surface area contributed by atoms with Crippen LogP contribution in [0.1, 0.15) is 33.8 Å². The van der Waals surface area contributed by atoms with Crippen LogP contribution < -0.4 is 5.32 Å². The quantitative estimate of drug-likeness (QED) is 0.677. The molecule has 0 spiro atoms. The van der Waals surface area contributed by atoms with E-state index in [0.717, 1.165) is 5.56 Å². The van der Waals surface area contributed by atoms with Crippen molar-refractivity contribution >= 4 is 43.7 Å². The molecule has 4 nitrogen and oxygen atoms in total. The van der Waals surface area contributed by atoms with Gasteiger partial charge in [-0.15, -0.1) is 0 Å². The van der Waals surface area contributed by atoms with Crippen LogP contribution in [0.15, 0.2) is 45.3 Å². The number of aromatic carboxylic acids is 1. The molecule has 2 aromatic carbocycles. The van der Waals surface area contributed by atoms with Crippen molar-refractivity contribution < 1.29 is 19.1 Å². The van der Waals surface area contributed by atoms with Gasteiger partial charge in [0.15, 0.2) is 0 Å². The fraction of sp³-hybridized carbons (Fsp3) is 0.222. The summed E-state index contributed by atoms with van der Waals surface area (Å²) in [6.07, 6.45) is 0.628. The molecule has 0 heterocycles. The van der Waals surface area contributed by atoms with Gasteiger partial charge < -0.3 is 10.4 Å². The normalized spacial score (nSPS) is 18.7. The molecule has 1 fully saturated rings. The molecule has 1 aliphatic rings. The van der Waals surface area contributed by atoms with Crippen LogP contribution in [0.5, 0.6) is 0 Å². The van der Waals surface area contributed by atoms with Crippen LogP contribution in [0.3, 0.4) is 0 Å². The highest BCUT2D eigenvalue weighted by Crippen LogP contribution is 2.48. The Labute approximate surface area is 160 Å². The number of hydrogen-bond donors (Lipinski definition) is 2. The molecule has 1 saturated carbocycles. The van der Waals surface area contributed by atoms with Gasteiger partial charge in [-0.3, -0.25) is 4.79 Å². The van der Waals surface area contributed by atoms with E-state index in [1.54, 1.807) is 18.2 Å². The second-order valence-electron chi connectivity index (χ2n) is 5.94. The molecule has 25 heavy (non-hydrogen) atoms. The van der Waals surface area contributed by atoms with Crippen LogP contribution in [-0.2, 0) is 11.3 Å². The van der Waals surface area contributed by atoms with E-state index in [-0.39, 0.29) is 35.7 Å². The van der Waals surface area contributed by atoms with E-state index < -0.39 is 5.97 Å². The first-order valence-electron chi connectivity index (χ1n) is 7.61. The molecule has 0 radical (unpaired) electrons. The Kier molecular flexibility index (Phi) is 5.24. The molecule has 1 aliphatic carbocycles. The predicted octanol–water partition coefficient (Wildman–Crippen LogP) is 4.47. The maximum absolute atomic E-state index is 14.0. The number of carbonyl (C=O) groups is 2. The predicted molar refractivity (Wildman–Crippen MR) is 97.9 cm³/mol. The molecular formula is C18H14Br2FNO3. The van der Waals surface area contributed by atoms with Gasteiger partial charge in [0.2, 0.25) is 5.91 Å². The van der Waals surface area contributed by atoms with Crippen molar-refractivity contribution in [3.05, 3.63) is 67.9 Å². The van der Waals surface area contributed by atoms with Crippen LogP contribution >= 0.6 is 31.9 Å². The average Bonchev–Trinajstić information content (AvgIpc) is 3.33. The lowest BCUT2D eigenvalue weighted by molar-refractivity contribution is -0.122. The van der Waals surface area contributed by atoms with Crippen LogP contribution in [0.25, 0.3) is 0 Å². The Hall–Kier alpha value is -1.73. The maximum atomic E-state index is 14.0. The van der Waals surface area contributed by atoms with Crippen LogP contribution in [0.4, 0.5) is 4.39 Å². The van der Waals surface area contributed by atoms with Gasteiger partial charge >= 0.3 is 5.97 Å². The minimum absolute atomic E-state index is 0.0917. The zero-order valence-corrected chi connectivity index (χ0v) is 16.1. The highest BCUT2D eigenvalue weighted by Gasteiger charge is 2.45. The first-order chi connectivity index (χ1) is 11.9. The molecule has 0 unspecified atom stereocenters. The summed E-state index contributed by atoms with van der Waals surface area (Å²) in [7, 11) is 0. The number of rotatable bonds is 5. The number of carbonyl (C=O) groups excluding carboxylic acids is 1. The topological polar surface area (TPSA) is 66.4 Å². The Bertz CT molecular complexity index is 856. The Balaban J connectivity index is 1.60. The summed E-state index contributed by atoms with van der Waals surface area (Å²) in [5, 5.41) is 11.8. The number of nitrogens with one attached hydrogen (secondary N) is 1. The number of amides is 1. The van der Waals surface area contributed by atoms with Crippen molar-refractivity contribution in [1.29, 1.82) is 0 Å². The molecule has 2 aromatic rings. The summed E-state index contributed by atoms with van der Waals surface area (Å²) in [6.45, 7) is 0.283. The smallest absolute Gasteiger partial charge is 0.335 e. The minimum Gasteiger partial charge on any atom is -0.478 e. The molecule has 0 bridgehead atoms. The summed E-state index contributed by atoms with van der Waals surface area (Å²) in [5.74, 6) is -1.75. The standard InChI is InChI=1S/C18H14Br2FNO3/c19-11-3-4-12(16(21)6-11)13-7-14(13)17(23)22-8-10-2-1-9(18(24)25)5-15(10)20/h1-6,13-14H,7-8H2,(H,22,23)(H,24,25)/t13-,14+/m0/s1. The molecule has 7 heteroatoms. The molecular weight excluding hydrogens is 457 g/mol. The van der Waals surface area contributed by atoms with E-state index in [9.17, 15) is 14.0 Å². The van der Waals surface area contributed by atoms with Gasteiger partial charge in [0.1, 0.15) is 5.82 Å². The van der Waals surface area contributed by atoms with E-state index in [2.05, 4.69) is 37.2 Å². The minimum atomic E-state index is -1.01. The lowest BCUT2D eigenvalue weighted by Crippen LogP contribution is -2.25. The molecule has 0 aromatic heterocycles. The molecule has 2 atom stereocenters. The van der Waals surface area contributed by atoms with Gasteiger partial charge in [-0.05, 0) is 47.7 Å². The Morgan fingerprint density at radius 3 is 2.60 bits per heavy atom. The SMILES string of the molecule is O=C(O)c1ccc(CNC(=O)[C@@H]2C[C@H]2c2ccc(Br)cc2F)c(Br)c1. The van der Waals surface area contributed by atoms with Gasteiger partial charge in [-0.2, -0.15) is 0 Å². The highest BCUT2D eigenvalue weighted by atomic mass is 79.9. The molecule has 3 rings (SSSR count). The van der Waals surface area contributed by atoms with Gasteiger partial charge in [-0.1, -0.05) is 44.0 Å². The first-order valence-corrected chi connectivity index (χ1v) is 9.20. The lowest BCUT2D eigenvalue weighted by atomic mass is 10.1. The fourth-order valence-electron chi connectivity index (χ4n) is 2.77. The lowest BCUT2D eigenvalue weighted by Gasteiger charge is -2.08. The molecule has 0 aliphatic heterocycles. The number of carboxylic acids is 1. The van der Waals surface area contributed by atoms with E-state index >= 15 is 0 Å². The summed E-state index contributed by atoms with van der Waals surface area (Å²) >= 11 is 6.54. The summed E-state index contributed by atoms with van der Waals surface area (Å²) < 4.78 is 15.3. The Morgan fingerprint density at radius 1 is 1.20 bits per heavy atom. The second-order valence-corrected chi connectivity index (χ2v) is 7.71. The van der Waals surface area contributed by atoms with Crippen molar-refractivity contribution in [2.24, 2.45) is 5.92 Å². The fourth-order valence-corrected chi connectivity index (χ4v) is 3.62. The maximum Gasteiger partial charge on any atom is 0.335 e. The van der Waals surface area contributed by atoms with Gasteiger partial charge in [0.25, 0.3) is 0 Å². The van der Waals surface area contributed by atoms with Crippen molar-refractivity contribution in [2.75, 3.05) is 0 Å². The third-order valence-electron chi connectivity index (χ3n) is 4.24. The van der Waals surface area contributed by atoms with Gasteiger partial charge in [0, 0.05) is 21.4 Å². The summed E-state index contributed by atoms with van der Waals surface area (Å²) in [6, 6.07) is 9.54. The van der Waals surface area contributed by atoms with Crippen molar-refractivity contribution in [3.8, 4) is 0 Å². The number of hydrogen-bond acceptors (Lipinski definition) is 2.